The maximum atomic E-state index is 12.8. The average Bonchev–Trinajstić information content (AvgIpc) is 3.05. The van der Waals surface area contributed by atoms with Gasteiger partial charge in [-0.1, -0.05) is 24.3 Å². The molecule has 1 aliphatic heterocycles. The molecule has 1 aliphatic carbocycles. The fourth-order valence-electron chi connectivity index (χ4n) is 3.82. The number of carbonyl (C=O) groups excluding carboxylic acids is 1. The summed E-state index contributed by atoms with van der Waals surface area (Å²) in [5.74, 6) is 1.16. The number of nitrogens with one attached hydrogen (secondary N) is 1. The van der Waals surface area contributed by atoms with Gasteiger partial charge in [-0.3, -0.25) is 4.79 Å². The average molecular weight is 337 g/mol. The molecule has 4 heteroatoms. The fraction of sp³-hybridized carbons (Fsp3) is 0.381. The predicted octanol–water partition coefficient (Wildman–Crippen LogP) is 3.17. The second-order valence-corrected chi connectivity index (χ2v) is 7.12. The number of carbonyl (C=O) groups is 1. The lowest BCUT2D eigenvalue weighted by Gasteiger charge is -2.38. The summed E-state index contributed by atoms with van der Waals surface area (Å²) >= 11 is 0. The number of aryl methyl sites for hydroxylation is 1. The third-order valence-corrected chi connectivity index (χ3v) is 5.37. The van der Waals surface area contributed by atoms with Crippen LogP contribution in [0.2, 0.25) is 0 Å². The van der Waals surface area contributed by atoms with Crippen molar-refractivity contribution in [3.05, 3.63) is 64.7 Å². The Bertz CT molecular complexity index is 795. The van der Waals surface area contributed by atoms with Gasteiger partial charge in [-0.05, 0) is 60.6 Å². The van der Waals surface area contributed by atoms with Crippen LogP contribution >= 0.6 is 0 Å². The van der Waals surface area contributed by atoms with Gasteiger partial charge in [0, 0.05) is 12.0 Å². The zero-order chi connectivity index (χ0) is 17.4. The van der Waals surface area contributed by atoms with Crippen LogP contribution in [-0.2, 0) is 6.42 Å². The Labute approximate surface area is 147 Å². The van der Waals surface area contributed by atoms with Crippen LogP contribution in [0, 0.1) is 12.8 Å². The highest BCUT2D eigenvalue weighted by atomic mass is 16.5. The third kappa shape index (κ3) is 3.14. The smallest absolute Gasteiger partial charge is 0.252 e. The predicted molar refractivity (Wildman–Crippen MR) is 95.8 cm³/mol. The van der Waals surface area contributed by atoms with Gasteiger partial charge in [0.15, 0.2) is 0 Å². The van der Waals surface area contributed by atoms with Crippen molar-refractivity contribution in [1.29, 1.82) is 0 Å². The van der Waals surface area contributed by atoms with Crippen molar-refractivity contribution in [2.45, 2.75) is 38.3 Å². The lowest BCUT2D eigenvalue weighted by Crippen LogP contribution is -2.41. The number of amides is 1. The number of benzene rings is 2. The molecule has 25 heavy (non-hydrogen) atoms. The van der Waals surface area contributed by atoms with E-state index in [0.717, 1.165) is 42.7 Å². The summed E-state index contributed by atoms with van der Waals surface area (Å²) in [7, 11) is 0. The van der Waals surface area contributed by atoms with Gasteiger partial charge in [0.05, 0.1) is 18.8 Å². The van der Waals surface area contributed by atoms with E-state index < -0.39 is 0 Å². The number of hydrogen-bond donors (Lipinski definition) is 2. The largest absolute Gasteiger partial charge is 0.493 e. The first-order valence-electron chi connectivity index (χ1n) is 8.92. The molecule has 1 atom stereocenters. The maximum absolute atomic E-state index is 12.8. The molecule has 2 aromatic rings. The summed E-state index contributed by atoms with van der Waals surface area (Å²) in [6.45, 7) is 2.67. The fourth-order valence-corrected chi connectivity index (χ4v) is 3.82. The van der Waals surface area contributed by atoms with Crippen LogP contribution in [0.5, 0.6) is 5.75 Å². The van der Waals surface area contributed by atoms with Crippen molar-refractivity contribution in [3.8, 4) is 5.75 Å². The van der Waals surface area contributed by atoms with Crippen molar-refractivity contribution >= 4 is 5.91 Å². The van der Waals surface area contributed by atoms with E-state index in [9.17, 15) is 9.90 Å². The number of ether oxygens (including phenoxy) is 1. The minimum atomic E-state index is -0.249. The molecule has 1 fully saturated rings. The minimum absolute atomic E-state index is 0.0544. The van der Waals surface area contributed by atoms with Crippen molar-refractivity contribution < 1.29 is 14.6 Å². The van der Waals surface area contributed by atoms with E-state index in [4.69, 9.17) is 4.74 Å². The summed E-state index contributed by atoms with van der Waals surface area (Å²) < 4.78 is 5.59. The molecule has 2 aromatic carbocycles. The topological polar surface area (TPSA) is 58.6 Å². The molecular weight excluding hydrogens is 314 g/mol. The maximum Gasteiger partial charge on any atom is 0.252 e. The Morgan fingerprint density at radius 2 is 2.04 bits per heavy atom. The minimum Gasteiger partial charge on any atom is -0.493 e. The van der Waals surface area contributed by atoms with E-state index in [2.05, 4.69) is 11.4 Å². The summed E-state index contributed by atoms with van der Waals surface area (Å²) in [4.78, 5) is 12.8. The van der Waals surface area contributed by atoms with E-state index in [0.29, 0.717) is 5.56 Å². The Kier molecular flexibility index (Phi) is 4.22. The van der Waals surface area contributed by atoms with Crippen molar-refractivity contribution in [2.24, 2.45) is 5.92 Å². The number of aliphatic hydroxyl groups excluding tert-OH is 1. The summed E-state index contributed by atoms with van der Waals surface area (Å²) in [5, 5.41) is 12.9. The SMILES string of the molecule is Cc1ccccc1C(=O)N[C@@H](c1ccc2c(c1)CCO2)C1CC(O)C1. The molecule has 0 radical (unpaired) electrons. The lowest BCUT2D eigenvalue weighted by molar-refractivity contribution is 0.0235. The first-order chi connectivity index (χ1) is 12.1. The molecule has 0 unspecified atom stereocenters. The Morgan fingerprint density at radius 1 is 1.24 bits per heavy atom. The van der Waals surface area contributed by atoms with Gasteiger partial charge in [0.25, 0.3) is 5.91 Å². The molecule has 1 amide bonds. The van der Waals surface area contributed by atoms with Gasteiger partial charge in [0.2, 0.25) is 0 Å². The van der Waals surface area contributed by atoms with E-state index in [1.807, 2.05) is 43.3 Å². The normalized spacial score (nSPS) is 22.5. The molecule has 0 saturated heterocycles. The van der Waals surface area contributed by atoms with Crippen LogP contribution in [-0.4, -0.2) is 23.7 Å². The van der Waals surface area contributed by atoms with Crippen LogP contribution in [0.3, 0.4) is 0 Å². The van der Waals surface area contributed by atoms with Crippen LogP contribution in [0.25, 0.3) is 0 Å². The first-order valence-corrected chi connectivity index (χ1v) is 8.92. The van der Waals surface area contributed by atoms with Crippen LogP contribution in [0.4, 0.5) is 0 Å². The van der Waals surface area contributed by atoms with Gasteiger partial charge in [-0.15, -0.1) is 0 Å². The highest BCUT2D eigenvalue weighted by Gasteiger charge is 2.36. The first kappa shape index (κ1) is 16.2. The summed E-state index contributed by atoms with van der Waals surface area (Å²) in [6.07, 6.45) is 2.12. The highest BCUT2D eigenvalue weighted by molar-refractivity contribution is 5.95. The van der Waals surface area contributed by atoms with E-state index in [1.54, 1.807) is 0 Å². The van der Waals surface area contributed by atoms with Gasteiger partial charge in [-0.25, -0.2) is 0 Å². The van der Waals surface area contributed by atoms with Gasteiger partial charge < -0.3 is 15.2 Å². The number of aliphatic hydroxyl groups is 1. The summed E-state index contributed by atoms with van der Waals surface area (Å²) in [6, 6.07) is 13.7. The van der Waals surface area contributed by atoms with E-state index in [-0.39, 0.29) is 24.0 Å². The van der Waals surface area contributed by atoms with Crippen LogP contribution < -0.4 is 10.1 Å². The number of fused-ring (bicyclic) bond motifs is 1. The molecule has 0 bridgehead atoms. The second-order valence-electron chi connectivity index (χ2n) is 7.12. The van der Waals surface area contributed by atoms with Crippen molar-refractivity contribution in [2.75, 3.05) is 6.61 Å². The molecule has 1 saturated carbocycles. The quantitative estimate of drug-likeness (QED) is 0.901. The monoisotopic (exact) mass is 337 g/mol. The lowest BCUT2D eigenvalue weighted by atomic mass is 9.74. The van der Waals surface area contributed by atoms with Crippen molar-refractivity contribution in [3.63, 3.8) is 0 Å². The molecule has 2 N–H and O–H groups in total. The molecule has 4 rings (SSSR count). The zero-order valence-electron chi connectivity index (χ0n) is 14.4. The second kappa shape index (κ2) is 6.52. The number of rotatable bonds is 4. The molecule has 0 spiro atoms. The Morgan fingerprint density at radius 3 is 2.80 bits per heavy atom. The molecule has 4 nitrogen and oxygen atoms in total. The third-order valence-electron chi connectivity index (χ3n) is 5.37. The molecule has 0 aromatic heterocycles. The Balaban J connectivity index is 1.61. The molecular formula is C21H23NO3. The van der Waals surface area contributed by atoms with E-state index in [1.165, 1.54) is 5.56 Å². The van der Waals surface area contributed by atoms with E-state index >= 15 is 0 Å². The standard InChI is InChI=1S/C21H23NO3/c1-13-4-2-3-5-18(13)21(24)22-20(16-11-17(23)12-16)15-6-7-19-14(10-15)8-9-25-19/h2-7,10,16-17,20,23H,8-9,11-12H2,1H3,(H,22,24)/t16?,17?,20-/m0/s1. The summed E-state index contributed by atoms with van der Waals surface area (Å²) in [5.41, 5.74) is 3.97. The molecule has 130 valence electrons. The van der Waals surface area contributed by atoms with Gasteiger partial charge in [0.1, 0.15) is 5.75 Å². The van der Waals surface area contributed by atoms with Crippen LogP contribution in [0.1, 0.15) is 45.9 Å². The Hall–Kier alpha value is -2.33. The van der Waals surface area contributed by atoms with Gasteiger partial charge >= 0.3 is 0 Å². The highest BCUT2D eigenvalue weighted by Crippen LogP contribution is 2.40. The van der Waals surface area contributed by atoms with Crippen molar-refractivity contribution in [1.82, 2.24) is 5.32 Å². The molecule has 1 heterocycles. The number of hydrogen-bond acceptors (Lipinski definition) is 3. The van der Waals surface area contributed by atoms with Crippen LogP contribution in [0.15, 0.2) is 42.5 Å². The van der Waals surface area contributed by atoms with Gasteiger partial charge in [-0.2, -0.15) is 0 Å². The zero-order valence-corrected chi connectivity index (χ0v) is 14.4. The molecule has 2 aliphatic rings.